The van der Waals surface area contributed by atoms with Gasteiger partial charge in [-0.2, -0.15) is 0 Å². The van der Waals surface area contributed by atoms with Crippen LogP contribution in [0.5, 0.6) is 0 Å². The third-order valence-corrected chi connectivity index (χ3v) is 3.20. The van der Waals surface area contributed by atoms with Crippen molar-refractivity contribution < 1.29 is 14.3 Å². The van der Waals surface area contributed by atoms with Crippen LogP contribution in [0.15, 0.2) is 0 Å². The van der Waals surface area contributed by atoms with Gasteiger partial charge in [-0.05, 0) is 40.5 Å². The molecule has 0 aromatic carbocycles. The van der Waals surface area contributed by atoms with Crippen molar-refractivity contribution in [1.82, 2.24) is 4.90 Å². The molecule has 98 valence electrons. The zero-order valence-electron chi connectivity index (χ0n) is 11.5. The van der Waals surface area contributed by atoms with E-state index in [0.717, 1.165) is 0 Å². The lowest BCUT2D eigenvalue weighted by molar-refractivity contribution is -0.170. The number of carbonyl (C=O) groups excluding carboxylic acids is 2. The van der Waals surface area contributed by atoms with E-state index in [1.807, 2.05) is 27.7 Å². The highest BCUT2D eigenvalue weighted by molar-refractivity contribution is 5.78. The van der Waals surface area contributed by atoms with Gasteiger partial charge >= 0.3 is 5.97 Å². The minimum absolute atomic E-state index is 0.0799. The molecule has 1 rings (SSSR count). The Morgan fingerprint density at radius 1 is 1.18 bits per heavy atom. The maximum Gasteiger partial charge on any atom is 0.312 e. The van der Waals surface area contributed by atoms with Crippen LogP contribution in [0.2, 0.25) is 0 Å². The monoisotopic (exact) mass is 241 g/mol. The Balaban J connectivity index is 2.60. The van der Waals surface area contributed by atoms with Crippen LogP contribution in [-0.4, -0.2) is 35.5 Å². The highest BCUT2D eigenvalue weighted by atomic mass is 16.6. The van der Waals surface area contributed by atoms with E-state index in [2.05, 4.69) is 0 Å². The predicted octanol–water partition coefficient (Wildman–Crippen LogP) is 1.98. The maximum absolute atomic E-state index is 12.1. The van der Waals surface area contributed by atoms with Gasteiger partial charge < -0.3 is 9.64 Å². The summed E-state index contributed by atoms with van der Waals surface area (Å²) in [6, 6.07) is 0. The first-order valence-electron chi connectivity index (χ1n) is 6.13. The summed E-state index contributed by atoms with van der Waals surface area (Å²) < 4.78 is 5.43. The first kappa shape index (κ1) is 14.0. The second-order valence-electron chi connectivity index (χ2n) is 6.07. The molecular formula is C13H23NO3. The van der Waals surface area contributed by atoms with Crippen molar-refractivity contribution in [3.63, 3.8) is 0 Å². The number of amides is 1. The van der Waals surface area contributed by atoms with E-state index in [1.54, 1.807) is 11.8 Å². The van der Waals surface area contributed by atoms with Crippen LogP contribution < -0.4 is 0 Å². The first-order valence-corrected chi connectivity index (χ1v) is 6.13. The van der Waals surface area contributed by atoms with Crippen LogP contribution in [0.4, 0.5) is 0 Å². The number of hydrogen-bond acceptors (Lipinski definition) is 3. The second-order valence-corrected chi connectivity index (χ2v) is 6.07. The van der Waals surface area contributed by atoms with E-state index < -0.39 is 11.0 Å². The van der Waals surface area contributed by atoms with Crippen LogP contribution in [0.3, 0.4) is 0 Å². The number of nitrogens with zero attached hydrogens (tertiary/aromatic N) is 1. The molecule has 4 heteroatoms. The van der Waals surface area contributed by atoms with E-state index in [4.69, 9.17) is 4.74 Å². The van der Waals surface area contributed by atoms with Gasteiger partial charge in [0.1, 0.15) is 5.60 Å². The smallest absolute Gasteiger partial charge is 0.312 e. The quantitative estimate of drug-likeness (QED) is 0.659. The molecule has 1 heterocycles. The van der Waals surface area contributed by atoms with Crippen LogP contribution in [-0.2, 0) is 14.3 Å². The summed E-state index contributed by atoms with van der Waals surface area (Å²) in [4.78, 5) is 25.1. The molecule has 1 amide bonds. The molecule has 0 N–H and O–H groups in total. The number of hydrogen-bond donors (Lipinski definition) is 0. The van der Waals surface area contributed by atoms with Crippen molar-refractivity contribution in [2.24, 2.45) is 5.41 Å². The molecule has 0 aromatic heterocycles. The maximum atomic E-state index is 12.1. The third-order valence-electron chi connectivity index (χ3n) is 3.20. The number of esters is 1. The molecule has 0 aliphatic carbocycles. The van der Waals surface area contributed by atoms with Crippen molar-refractivity contribution in [3.05, 3.63) is 0 Å². The van der Waals surface area contributed by atoms with Crippen molar-refractivity contribution in [2.45, 2.75) is 53.1 Å². The fourth-order valence-corrected chi connectivity index (χ4v) is 1.92. The minimum atomic E-state index is -0.447. The Hall–Kier alpha value is -1.06. The molecule has 4 nitrogen and oxygen atoms in total. The molecule has 0 bridgehead atoms. The first-order chi connectivity index (χ1) is 7.64. The van der Waals surface area contributed by atoms with E-state index in [9.17, 15) is 9.59 Å². The lowest BCUT2D eigenvalue weighted by Crippen LogP contribution is -2.46. The molecule has 1 aliphatic rings. The average Bonchev–Trinajstić information content (AvgIpc) is 2.15. The van der Waals surface area contributed by atoms with E-state index >= 15 is 0 Å². The van der Waals surface area contributed by atoms with Crippen LogP contribution >= 0.6 is 0 Å². The van der Waals surface area contributed by atoms with Gasteiger partial charge in [0.15, 0.2) is 0 Å². The predicted molar refractivity (Wildman–Crippen MR) is 65.4 cm³/mol. The summed E-state index contributed by atoms with van der Waals surface area (Å²) in [5.74, 6) is -0.0653. The highest BCUT2D eigenvalue weighted by Crippen LogP contribution is 2.33. The minimum Gasteiger partial charge on any atom is -0.460 e. The Morgan fingerprint density at radius 3 is 2.00 bits per heavy atom. The number of piperidine rings is 1. The molecular weight excluding hydrogens is 218 g/mol. The average molecular weight is 241 g/mol. The lowest BCUT2D eigenvalue weighted by Gasteiger charge is -2.38. The summed E-state index contributed by atoms with van der Waals surface area (Å²) in [6.45, 7) is 10.4. The van der Waals surface area contributed by atoms with Crippen molar-refractivity contribution in [3.8, 4) is 0 Å². The van der Waals surface area contributed by atoms with E-state index in [-0.39, 0.29) is 11.9 Å². The highest BCUT2D eigenvalue weighted by Gasteiger charge is 2.40. The summed E-state index contributed by atoms with van der Waals surface area (Å²) >= 11 is 0. The fraction of sp³-hybridized carbons (Fsp3) is 0.846. The van der Waals surface area contributed by atoms with Crippen LogP contribution in [0.1, 0.15) is 47.5 Å². The Labute approximate surface area is 103 Å². The molecule has 0 radical (unpaired) electrons. The Kier molecular flexibility index (Phi) is 3.84. The summed E-state index contributed by atoms with van der Waals surface area (Å²) in [7, 11) is 0. The second kappa shape index (κ2) is 4.67. The standard InChI is InChI=1S/C13H23NO3/c1-10(15)14-8-6-13(5,7-9-14)11(16)17-12(2,3)4/h6-9H2,1-5H3. The molecule has 1 aliphatic heterocycles. The lowest BCUT2D eigenvalue weighted by atomic mass is 9.80. The Bertz CT molecular complexity index is 309. The van der Waals surface area contributed by atoms with Crippen molar-refractivity contribution in [1.29, 1.82) is 0 Å². The molecule has 0 spiro atoms. The van der Waals surface area contributed by atoms with Crippen LogP contribution in [0.25, 0.3) is 0 Å². The third kappa shape index (κ3) is 3.72. The van der Waals surface area contributed by atoms with Gasteiger partial charge in [0.2, 0.25) is 5.91 Å². The van der Waals surface area contributed by atoms with E-state index in [1.165, 1.54) is 0 Å². The van der Waals surface area contributed by atoms with Gasteiger partial charge in [0.05, 0.1) is 5.41 Å². The molecule has 1 fully saturated rings. The molecule has 0 aromatic rings. The van der Waals surface area contributed by atoms with E-state index in [0.29, 0.717) is 25.9 Å². The van der Waals surface area contributed by atoms with Gasteiger partial charge in [0.25, 0.3) is 0 Å². The molecule has 1 saturated heterocycles. The summed E-state index contributed by atoms with van der Waals surface area (Å²) in [6.07, 6.45) is 1.36. The molecule has 0 atom stereocenters. The zero-order valence-corrected chi connectivity index (χ0v) is 11.5. The SMILES string of the molecule is CC(=O)N1CCC(C)(C(=O)OC(C)(C)C)CC1. The van der Waals surface area contributed by atoms with Gasteiger partial charge in [-0.25, -0.2) is 0 Å². The molecule has 17 heavy (non-hydrogen) atoms. The van der Waals surface area contributed by atoms with Gasteiger partial charge in [-0.15, -0.1) is 0 Å². The summed E-state index contributed by atoms with van der Waals surface area (Å²) in [5, 5.41) is 0. The molecule has 0 saturated carbocycles. The topological polar surface area (TPSA) is 46.6 Å². The zero-order chi connectivity index (χ0) is 13.3. The van der Waals surface area contributed by atoms with Crippen LogP contribution in [0, 0.1) is 5.41 Å². The van der Waals surface area contributed by atoms with Crippen molar-refractivity contribution >= 4 is 11.9 Å². The van der Waals surface area contributed by atoms with Crippen molar-refractivity contribution in [2.75, 3.05) is 13.1 Å². The fourth-order valence-electron chi connectivity index (χ4n) is 1.92. The number of carbonyl (C=O) groups is 2. The number of rotatable bonds is 1. The van der Waals surface area contributed by atoms with Gasteiger partial charge in [-0.3, -0.25) is 9.59 Å². The largest absolute Gasteiger partial charge is 0.460 e. The van der Waals surface area contributed by atoms with Gasteiger partial charge in [0, 0.05) is 20.0 Å². The molecule has 0 unspecified atom stereocenters. The van der Waals surface area contributed by atoms with Gasteiger partial charge in [-0.1, -0.05) is 0 Å². The number of likely N-dealkylation sites (tertiary alicyclic amines) is 1. The normalized spacial score (nSPS) is 19.9. The Morgan fingerprint density at radius 2 is 1.65 bits per heavy atom. The number of ether oxygens (including phenoxy) is 1. The summed E-state index contributed by atoms with van der Waals surface area (Å²) in [5.41, 5.74) is -0.892.